The molecule has 0 aliphatic carbocycles. The molecule has 0 bridgehead atoms. The highest BCUT2D eigenvalue weighted by molar-refractivity contribution is 7.10. The van der Waals surface area contributed by atoms with Crippen molar-refractivity contribution in [2.24, 2.45) is 0 Å². The van der Waals surface area contributed by atoms with Gasteiger partial charge in [-0.1, -0.05) is 37.3 Å². The monoisotopic (exact) mass is 218 g/mol. The van der Waals surface area contributed by atoms with Crippen molar-refractivity contribution in [2.45, 2.75) is 13.5 Å². The topological polar surface area (TPSA) is 24.9 Å². The van der Waals surface area contributed by atoms with Crippen LogP contribution in [0.1, 0.15) is 11.8 Å². The molecule has 0 radical (unpaired) electrons. The van der Waals surface area contributed by atoms with Crippen molar-refractivity contribution in [3.05, 3.63) is 40.7 Å². The summed E-state index contributed by atoms with van der Waals surface area (Å²) >= 11 is 1.71. The van der Waals surface area contributed by atoms with E-state index in [9.17, 15) is 0 Å². The van der Waals surface area contributed by atoms with Crippen LogP contribution in [-0.2, 0) is 6.54 Å². The van der Waals surface area contributed by atoms with Gasteiger partial charge in [-0.15, -0.1) is 11.3 Å². The Morgan fingerprint density at radius 2 is 2.07 bits per heavy atom. The van der Waals surface area contributed by atoms with E-state index in [0.29, 0.717) is 0 Å². The molecule has 0 unspecified atom stereocenters. The van der Waals surface area contributed by atoms with Crippen molar-refractivity contribution in [1.29, 1.82) is 0 Å². The van der Waals surface area contributed by atoms with E-state index in [1.54, 1.807) is 11.3 Å². The van der Waals surface area contributed by atoms with E-state index in [2.05, 4.69) is 29.4 Å². The Labute approximate surface area is 94.0 Å². The Morgan fingerprint density at radius 1 is 1.27 bits per heavy atom. The number of hydrogen-bond acceptors (Lipinski definition) is 3. The zero-order chi connectivity index (χ0) is 10.5. The van der Waals surface area contributed by atoms with Crippen LogP contribution in [0.2, 0.25) is 0 Å². The van der Waals surface area contributed by atoms with Gasteiger partial charge in [-0.25, -0.2) is 4.98 Å². The molecule has 0 aliphatic rings. The molecule has 1 heterocycles. The molecule has 0 spiro atoms. The number of benzene rings is 1. The molecule has 2 rings (SSSR count). The van der Waals surface area contributed by atoms with Gasteiger partial charge in [-0.05, 0) is 6.54 Å². The van der Waals surface area contributed by atoms with Gasteiger partial charge in [0.1, 0.15) is 0 Å². The van der Waals surface area contributed by atoms with Crippen molar-refractivity contribution >= 4 is 11.3 Å². The molecule has 0 fully saturated rings. The molecule has 0 saturated carbocycles. The fourth-order valence-electron chi connectivity index (χ4n) is 1.47. The molecule has 0 saturated heterocycles. The van der Waals surface area contributed by atoms with Crippen LogP contribution >= 0.6 is 11.3 Å². The van der Waals surface area contributed by atoms with E-state index in [-0.39, 0.29) is 0 Å². The first kappa shape index (κ1) is 10.3. The van der Waals surface area contributed by atoms with Crippen molar-refractivity contribution in [2.75, 3.05) is 6.54 Å². The maximum atomic E-state index is 4.42. The molecule has 78 valence electrons. The largest absolute Gasteiger partial charge is 0.312 e. The van der Waals surface area contributed by atoms with E-state index in [0.717, 1.165) is 18.8 Å². The summed E-state index contributed by atoms with van der Waals surface area (Å²) < 4.78 is 0. The van der Waals surface area contributed by atoms with Gasteiger partial charge >= 0.3 is 0 Å². The van der Waals surface area contributed by atoms with Crippen LogP contribution in [0.4, 0.5) is 0 Å². The predicted octanol–water partition coefficient (Wildman–Crippen LogP) is 2.92. The first-order valence-electron chi connectivity index (χ1n) is 5.10. The lowest BCUT2D eigenvalue weighted by atomic mass is 10.1. The molecular formula is C12H14N2S. The van der Waals surface area contributed by atoms with E-state index in [1.165, 1.54) is 10.4 Å². The Balaban J connectivity index is 2.25. The molecule has 15 heavy (non-hydrogen) atoms. The summed E-state index contributed by atoms with van der Waals surface area (Å²) in [6.45, 7) is 4.01. The molecule has 0 amide bonds. The fourth-order valence-corrected chi connectivity index (χ4v) is 2.22. The third-order valence-corrected chi connectivity index (χ3v) is 3.06. The van der Waals surface area contributed by atoms with Crippen LogP contribution in [0, 0.1) is 0 Å². The first-order valence-corrected chi connectivity index (χ1v) is 5.98. The van der Waals surface area contributed by atoms with Crippen LogP contribution in [0.15, 0.2) is 35.8 Å². The number of rotatable bonds is 4. The molecule has 0 aliphatic heterocycles. The Bertz CT molecular complexity index is 409. The standard InChI is InChI=1S/C12H14N2S/c1-2-13-8-11-12(14-9-15-11)10-6-4-3-5-7-10/h3-7,9,13H,2,8H2,1H3. The predicted molar refractivity (Wildman–Crippen MR) is 64.9 cm³/mol. The van der Waals surface area contributed by atoms with E-state index < -0.39 is 0 Å². The van der Waals surface area contributed by atoms with Gasteiger partial charge < -0.3 is 5.32 Å². The van der Waals surface area contributed by atoms with Crippen LogP contribution in [0.3, 0.4) is 0 Å². The van der Waals surface area contributed by atoms with Gasteiger partial charge in [-0.2, -0.15) is 0 Å². The van der Waals surface area contributed by atoms with Gasteiger partial charge in [0.25, 0.3) is 0 Å². The quantitative estimate of drug-likeness (QED) is 0.853. The van der Waals surface area contributed by atoms with Gasteiger partial charge in [0, 0.05) is 17.0 Å². The smallest absolute Gasteiger partial charge is 0.0856 e. The average Bonchev–Trinajstić information content (AvgIpc) is 2.75. The molecular weight excluding hydrogens is 204 g/mol. The summed E-state index contributed by atoms with van der Waals surface area (Å²) in [6.07, 6.45) is 0. The van der Waals surface area contributed by atoms with Crippen LogP contribution in [-0.4, -0.2) is 11.5 Å². The summed E-state index contributed by atoms with van der Waals surface area (Å²) in [5.74, 6) is 0. The minimum absolute atomic E-state index is 0.908. The molecule has 1 aromatic heterocycles. The third-order valence-electron chi connectivity index (χ3n) is 2.22. The van der Waals surface area contributed by atoms with E-state index in [1.807, 2.05) is 23.7 Å². The van der Waals surface area contributed by atoms with Crippen LogP contribution < -0.4 is 5.32 Å². The van der Waals surface area contributed by atoms with Crippen LogP contribution in [0.25, 0.3) is 11.3 Å². The number of nitrogens with one attached hydrogen (secondary N) is 1. The Morgan fingerprint density at radius 3 is 2.80 bits per heavy atom. The highest BCUT2D eigenvalue weighted by Crippen LogP contribution is 2.24. The van der Waals surface area contributed by atoms with E-state index in [4.69, 9.17) is 0 Å². The fraction of sp³-hybridized carbons (Fsp3) is 0.250. The SMILES string of the molecule is CCNCc1scnc1-c1ccccc1. The average molecular weight is 218 g/mol. The summed E-state index contributed by atoms with van der Waals surface area (Å²) in [7, 11) is 0. The van der Waals surface area contributed by atoms with E-state index >= 15 is 0 Å². The van der Waals surface area contributed by atoms with Crippen molar-refractivity contribution < 1.29 is 0 Å². The normalized spacial score (nSPS) is 10.5. The first-order chi connectivity index (χ1) is 7.42. The lowest BCUT2D eigenvalue weighted by molar-refractivity contribution is 0.735. The number of nitrogens with zero attached hydrogens (tertiary/aromatic N) is 1. The molecule has 1 aromatic carbocycles. The van der Waals surface area contributed by atoms with Crippen LogP contribution in [0.5, 0.6) is 0 Å². The third kappa shape index (κ3) is 2.43. The minimum Gasteiger partial charge on any atom is -0.312 e. The minimum atomic E-state index is 0.908. The van der Waals surface area contributed by atoms with Gasteiger partial charge in [0.2, 0.25) is 0 Å². The van der Waals surface area contributed by atoms with Gasteiger partial charge in [-0.3, -0.25) is 0 Å². The summed E-state index contributed by atoms with van der Waals surface area (Å²) in [5, 5.41) is 3.33. The van der Waals surface area contributed by atoms with Crippen molar-refractivity contribution in [3.8, 4) is 11.3 Å². The molecule has 0 atom stereocenters. The van der Waals surface area contributed by atoms with Crippen molar-refractivity contribution in [1.82, 2.24) is 10.3 Å². The van der Waals surface area contributed by atoms with Gasteiger partial charge in [0.15, 0.2) is 0 Å². The highest BCUT2D eigenvalue weighted by Gasteiger charge is 2.06. The summed E-state index contributed by atoms with van der Waals surface area (Å²) in [5.41, 5.74) is 4.22. The number of thiazole rings is 1. The molecule has 1 N–H and O–H groups in total. The Hall–Kier alpha value is -1.19. The second-order valence-electron chi connectivity index (χ2n) is 3.27. The second kappa shape index (κ2) is 5.05. The van der Waals surface area contributed by atoms with Gasteiger partial charge in [0.05, 0.1) is 11.2 Å². The zero-order valence-electron chi connectivity index (χ0n) is 8.73. The zero-order valence-corrected chi connectivity index (χ0v) is 9.55. The summed E-state index contributed by atoms with van der Waals surface area (Å²) in [6, 6.07) is 10.3. The lowest BCUT2D eigenvalue weighted by Crippen LogP contribution is -2.11. The Kier molecular flexibility index (Phi) is 3.48. The number of aromatic nitrogens is 1. The lowest BCUT2D eigenvalue weighted by Gasteiger charge is -2.02. The molecule has 2 nitrogen and oxygen atoms in total. The molecule has 3 heteroatoms. The van der Waals surface area contributed by atoms with Crippen molar-refractivity contribution in [3.63, 3.8) is 0 Å². The molecule has 2 aromatic rings. The summed E-state index contributed by atoms with van der Waals surface area (Å²) in [4.78, 5) is 5.73. The second-order valence-corrected chi connectivity index (χ2v) is 4.21. The highest BCUT2D eigenvalue weighted by atomic mass is 32.1. The number of hydrogen-bond donors (Lipinski definition) is 1. The maximum Gasteiger partial charge on any atom is 0.0856 e. The maximum absolute atomic E-state index is 4.42.